The number of imide groups is 1. The number of urea groups is 1. The van der Waals surface area contributed by atoms with Gasteiger partial charge in [-0.25, -0.2) is 13.2 Å². The van der Waals surface area contributed by atoms with Gasteiger partial charge in [-0.1, -0.05) is 12.8 Å². The lowest BCUT2D eigenvalue weighted by molar-refractivity contribution is -0.124. The van der Waals surface area contributed by atoms with Gasteiger partial charge in [0.05, 0.1) is 11.4 Å². The zero-order valence-corrected chi connectivity index (χ0v) is 16.4. The van der Waals surface area contributed by atoms with Crippen molar-refractivity contribution in [2.75, 3.05) is 31.5 Å². The second kappa shape index (κ2) is 9.92. The average molecular weight is 436 g/mol. The molecule has 1 aromatic carbocycles. The molecule has 1 fully saturated rings. The Morgan fingerprint density at radius 3 is 2.14 bits per heavy atom. The zero-order chi connectivity index (χ0) is 21.5. The van der Waals surface area contributed by atoms with Crippen LogP contribution in [0, 0.1) is 0 Å². The molecule has 3 amide bonds. The lowest BCUT2D eigenvalue weighted by Crippen LogP contribution is -2.45. The molecule has 1 heterocycles. The first kappa shape index (κ1) is 22.9. The Hall–Kier alpha value is -2.34. The Labute approximate surface area is 166 Å². The van der Waals surface area contributed by atoms with Crippen LogP contribution in [-0.4, -0.2) is 57.0 Å². The molecule has 12 heteroatoms. The van der Waals surface area contributed by atoms with Crippen molar-refractivity contribution in [2.45, 2.75) is 36.8 Å². The Kier molecular flexibility index (Phi) is 7.85. The van der Waals surface area contributed by atoms with Crippen LogP contribution in [0.15, 0.2) is 29.2 Å². The number of hydrogen-bond acceptors (Lipinski definition) is 5. The second-order valence-electron chi connectivity index (χ2n) is 6.54. The summed E-state index contributed by atoms with van der Waals surface area (Å²) in [5, 5.41) is 5.94. The summed E-state index contributed by atoms with van der Waals surface area (Å²) in [4.78, 5) is 22.9. The normalized spacial score (nSPS) is 16.0. The average Bonchev–Trinajstić information content (AvgIpc) is 2.95. The number of carbonyl (C=O) groups excluding carboxylic acids is 2. The number of alkyl halides is 3. The van der Waals surface area contributed by atoms with Crippen LogP contribution in [0.3, 0.4) is 0 Å². The molecule has 162 valence electrons. The standard InChI is InChI=1S/C17H23F3N4O4S/c18-17(19,20)12-22-16(26)23-15(25)11-21-13-5-7-14(8-6-13)29(27,28)24-9-3-1-2-4-10-24/h5-8,21H,1-4,9-12H2,(H2,22,23,25,26). The fraction of sp³-hybridized carbons (Fsp3) is 0.529. The zero-order valence-electron chi connectivity index (χ0n) is 15.6. The fourth-order valence-corrected chi connectivity index (χ4v) is 4.27. The molecule has 2 rings (SSSR count). The van der Waals surface area contributed by atoms with Crippen LogP contribution in [0.2, 0.25) is 0 Å². The van der Waals surface area contributed by atoms with Gasteiger partial charge in [0.25, 0.3) is 0 Å². The summed E-state index contributed by atoms with van der Waals surface area (Å²) >= 11 is 0. The number of sulfonamides is 1. The van der Waals surface area contributed by atoms with E-state index in [9.17, 15) is 31.2 Å². The van der Waals surface area contributed by atoms with E-state index in [1.165, 1.54) is 33.9 Å². The third-order valence-corrected chi connectivity index (χ3v) is 6.13. The summed E-state index contributed by atoms with van der Waals surface area (Å²) in [5.41, 5.74) is 0.422. The van der Waals surface area contributed by atoms with Crippen molar-refractivity contribution in [3.63, 3.8) is 0 Å². The molecule has 3 N–H and O–H groups in total. The van der Waals surface area contributed by atoms with Gasteiger partial charge in [-0.3, -0.25) is 10.1 Å². The highest BCUT2D eigenvalue weighted by atomic mass is 32.2. The number of amides is 3. The first-order valence-electron chi connectivity index (χ1n) is 9.06. The molecule has 0 aliphatic carbocycles. The van der Waals surface area contributed by atoms with Crippen molar-refractivity contribution in [1.29, 1.82) is 0 Å². The van der Waals surface area contributed by atoms with Crippen molar-refractivity contribution in [3.05, 3.63) is 24.3 Å². The molecule has 0 spiro atoms. The van der Waals surface area contributed by atoms with E-state index in [2.05, 4.69) is 5.32 Å². The minimum Gasteiger partial charge on any atom is -0.376 e. The number of rotatable bonds is 6. The molecule has 0 aromatic heterocycles. The Balaban J connectivity index is 1.85. The van der Waals surface area contributed by atoms with Crippen molar-refractivity contribution >= 4 is 27.6 Å². The van der Waals surface area contributed by atoms with Gasteiger partial charge >= 0.3 is 12.2 Å². The van der Waals surface area contributed by atoms with Crippen LogP contribution >= 0.6 is 0 Å². The molecule has 1 aliphatic rings. The summed E-state index contributed by atoms with van der Waals surface area (Å²) in [6.45, 7) is -0.956. The monoisotopic (exact) mass is 436 g/mol. The van der Waals surface area contributed by atoms with Crippen molar-refractivity contribution in [2.24, 2.45) is 0 Å². The topological polar surface area (TPSA) is 108 Å². The maximum Gasteiger partial charge on any atom is 0.405 e. The summed E-state index contributed by atoms with van der Waals surface area (Å²) in [7, 11) is -3.59. The molecule has 29 heavy (non-hydrogen) atoms. The number of carbonyl (C=O) groups is 2. The van der Waals surface area contributed by atoms with Crippen LogP contribution < -0.4 is 16.0 Å². The third kappa shape index (κ3) is 7.54. The summed E-state index contributed by atoms with van der Waals surface area (Å²) in [6, 6.07) is 4.52. The minimum atomic E-state index is -4.58. The maximum absolute atomic E-state index is 12.7. The van der Waals surface area contributed by atoms with Crippen LogP contribution in [0.1, 0.15) is 25.7 Å². The van der Waals surface area contributed by atoms with Crippen LogP contribution in [-0.2, 0) is 14.8 Å². The predicted octanol–water partition coefficient (Wildman–Crippen LogP) is 2.05. The molecule has 1 saturated heterocycles. The van der Waals surface area contributed by atoms with Gasteiger partial charge in [-0.05, 0) is 37.1 Å². The number of benzene rings is 1. The van der Waals surface area contributed by atoms with E-state index >= 15 is 0 Å². The summed E-state index contributed by atoms with van der Waals surface area (Å²) in [5.74, 6) is -0.842. The van der Waals surface area contributed by atoms with Crippen LogP contribution in [0.5, 0.6) is 0 Å². The van der Waals surface area contributed by atoms with Gasteiger partial charge in [0, 0.05) is 18.8 Å². The first-order chi connectivity index (χ1) is 13.6. The van der Waals surface area contributed by atoms with Gasteiger partial charge in [-0.15, -0.1) is 0 Å². The quantitative estimate of drug-likeness (QED) is 0.633. The molecule has 0 saturated carbocycles. The molecule has 0 atom stereocenters. The largest absolute Gasteiger partial charge is 0.405 e. The fourth-order valence-electron chi connectivity index (χ4n) is 2.75. The summed E-state index contributed by atoms with van der Waals surface area (Å²) in [6.07, 6.45) is -0.917. The molecular formula is C17H23F3N4O4S. The molecular weight excluding hydrogens is 413 g/mol. The second-order valence-corrected chi connectivity index (χ2v) is 8.48. The number of halogens is 3. The van der Waals surface area contributed by atoms with Crippen LogP contribution in [0.25, 0.3) is 0 Å². The Morgan fingerprint density at radius 1 is 1.00 bits per heavy atom. The number of nitrogens with zero attached hydrogens (tertiary/aromatic N) is 1. The van der Waals surface area contributed by atoms with E-state index in [0.717, 1.165) is 25.7 Å². The van der Waals surface area contributed by atoms with Crippen LogP contribution in [0.4, 0.5) is 23.7 Å². The van der Waals surface area contributed by atoms with E-state index in [-0.39, 0.29) is 11.4 Å². The minimum absolute atomic E-state index is 0.140. The molecule has 1 aliphatic heterocycles. The molecule has 1 aromatic rings. The molecule has 0 radical (unpaired) electrons. The molecule has 0 bridgehead atoms. The molecule has 0 unspecified atom stereocenters. The van der Waals surface area contributed by atoms with E-state index < -0.39 is 34.7 Å². The lowest BCUT2D eigenvalue weighted by atomic mass is 10.2. The predicted molar refractivity (Wildman–Crippen MR) is 99.8 cm³/mol. The number of hydrogen-bond donors (Lipinski definition) is 3. The van der Waals surface area contributed by atoms with Gasteiger partial charge in [0.15, 0.2) is 0 Å². The van der Waals surface area contributed by atoms with Crippen molar-refractivity contribution in [3.8, 4) is 0 Å². The van der Waals surface area contributed by atoms with Gasteiger partial charge in [0.2, 0.25) is 15.9 Å². The van der Waals surface area contributed by atoms with Gasteiger partial charge in [0.1, 0.15) is 6.54 Å². The first-order valence-corrected chi connectivity index (χ1v) is 10.5. The highest BCUT2D eigenvalue weighted by Crippen LogP contribution is 2.21. The third-order valence-electron chi connectivity index (χ3n) is 4.21. The van der Waals surface area contributed by atoms with Crippen molar-refractivity contribution in [1.82, 2.24) is 14.9 Å². The Bertz CT molecular complexity index is 805. The SMILES string of the molecule is O=C(CNc1ccc(S(=O)(=O)N2CCCCCC2)cc1)NC(=O)NCC(F)(F)F. The van der Waals surface area contributed by atoms with Crippen molar-refractivity contribution < 1.29 is 31.2 Å². The lowest BCUT2D eigenvalue weighted by Gasteiger charge is -2.20. The van der Waals surface area contributed by atoms with E-state index in [1.807, 2.05) is 0 Å². The maximum atomic E-state index is 12.7. The molecule has 8 nitrogen and oxygen atoms in total. The van der Waals surface area contributed by atoms with E-state index in [4.69, 9.17) is 0 Å². The number of nitrogens with one attached hydrogen (secondary N) is 3. The van der Waals surface area contributed by atoms with E-state index in [1.54, 1.807) is 5.32 Å². The summed E-state index contributed by atoms with van der Waals surface area (Å²) < 4.78 is 62.8. The smallest absolute Gasteiger partial charge is 0.376 e. The highest BCUT2D eigenvalue weighted by Gasteiger charge is 2.28. The van der Waals surface area contributed by atoms with Gasteiger partial charge < -0.3 is 10.6 Å². The number of anilines is 1. The van der Waals surface area contributed by atoms with Gasteiger partial charge in [-0.2, -0.15) is 17.5 Å². The van der Waals surface area contributed by atoms with E-state index in [0.29, 0.717) is 18.8 Å². The highest BCUT2D eigenvalue weighted by molar-refractivity contribution is 7.89. The Morgan fingerprint density at radius 2 is 1.59 bits per heavy atom.